The fourth-order valence-corrected chi connectivity index (χ4v) is 5.80. The zero-order chi connectivity index (χ0) is 38.9. The fourth-order valence-electron chi connectivity index (χ4n) is 5.05. The van der Waals surface area contributed by atoms with Crippen LogP contribution < -0.4 is 5.32 Å². The number of ether oxygens (including phenoxy) is 1. The van der Waals surface area contributed by atoms with E-state index in [1.807, 2.05) is 0 Å². The van der Waals surface area contributed by atoms with Crippen LogP contribution in [0.15, 0.2) is 72.9 Å². The van der Waals surface area contributed by atoms with Gasteiger partial charge in [-0.05, 0) is 83.5 Å². The van der Waals surface area contributed by atoms with Crippen LogP contribution in [0.2, 0.25) is 0 Å². The molecule has 2 atom stereocenters. The summed E-state index contributed by atoms with van der Waals surface area (Å²) in [5.74, 6) is -0.566. The Morgan fingerprint density at radius 3 is 1.64 bits per heavy atom. The smallest absolute Gasteiger partial charge is 0.463 e. The number of unbranched alkanes of at least 4 members (excludes halogenated alkanes) is 12. The van der Waals surface area contributed by atoms with Crippen LogP contribution in [0, 0.1) is 0 Å². The van der Waals surface area contributed by atoms with Crippen LogP contribution in [0.3, 0.4) is 0 Å². The number of hydrogen-bond donors (Lipinski definition) is 3. The molecule has 0 saturated carbocycles. The normalized spacial score (nSPS) is 14.1. The highest BCUT2D eigenvalue weighted by Gasteiger charge is 2.23. The molecule has 2 unspecified atom stereocenters. The maximum absolute atomic E-state index is 12.1. The van der Waals surface area contributed by atoms with Crippen LogP contribution in [0.5, 0.6) is 0 Å². The van der Waals surface area contributed by atoms with Crippen molar-refractivity contribution in [3.8, 4) is 0 Å². The van der Waals surface area contributed by atoms with Gasteiger partial charge in [0.1, 0.15) is 12.7 Å². The summed E-state index contributed by atoms with van der Waals surface area (Å²) in [5.41, 5.74) is 0. The van der Waals surface area contributed by atoms with Crippen LogP contribution in [-0.4, -0.2) is 54.3 Å². The predicted molar refractivity (Wildman–Crippen MR) is 219 cm³/mol. The average molecular weight is 764 g/mol. The molecular weight excluding hydrogens is 689 g/mol. The van der Waals surface area contributed by atoms with Crippen LogP contribution in [0.4, 0.5) is 0 Å². The van der Waals surface area contributed by atoms with E-state index in [0.717, 1.165) is 83.5 Å². The van der Waals surface area contributed by atoms with Gasteiger partial charge in [0.05, 0.1) is 13.2 Å². The van der Waals surface area contributed by atoms with Gasteiger partial charge in [0.2, 0.25) is 5.91 Å². The van der Waals surface area contributed by atoms with Gasteiger partial charge in [-0.2, -0.15) is 0 Å². The maximum atomic E-state index is 12.1. The van der Waals surface area contributed by atoms with Crippen molar-refractivity contribution in [3.63, 3.8) is 0 Å². The molecule has 304 valence electrons. The minimum Gasteiger partial charge on any atom is -0.463 e. The number of hydrogen-bond acceptors (Lipinski definition) is 7. The highest BCUT2D eigenvalue weighted by atomic mass is 31.2. The Hall–Kier alpha value is -2.55. The molecule has 10 heteroatoms. The summed E-state index contributed by atoms with van der Waals surface area (Å²) < 4.78 is 26.8. The number of amides is 1. The summed E-state index contributed by atoms with van der Waals surface area (Å²) in [7, 11) is -4.43. The summed E-state index contributed by atoms with van der Waals surface area (Å²) in [6.07, 6.45) is 46.9. The van der Waals surface area contributed by atoms with Crippen LogP contribution in [0.1, 0.15) is 155 Å². The molecule has 0 rings (SSSR count). The van der Waals surface area contributed by atoms with E-state index in [2.05, 4.69) is 92.1 Å². The summed E-state index contributed by atoms with van der Waals surface area (Å²) in [6, 6.07) is 0. The first kappa shape index (κ1) is 50.5. The van der Waals surface area contributed by atoms with Gasteiger partial charge in [-0.15, -0.1) is 0 Å². The third-order valence-corrected chi connectivity index (χ3v) is 9.10. The molecule has 0 saturated heterocycles. The van der Waals surface area contributed by atoms with E-state index < -0.39 is 26.5 Å². The Morgan fingerprint density at radius 1 is 0.604 bits per heavy atom. The molecule has 0 aromatic carbocycles. The van der Waals surface area contributed by atoms with Crippen molar-refractivity contribution in [2.75, 3.05) is 26.4 Å². The minimum atomic E-state index is -4.43. The lowest BCUT2D eigenvalue weighted by Crippen LogP contribution is -2.27. The SMILES string of the molecule is CC/C=C\C/C=C\C/C=C\CCCCCC(=O)OCC(O)COP(=O)(O)OCCNC(=O)CCCCCCCC/C=C\C/C=C\C/C=C\CCCCC. The number of phosphoric acid groups is 1. The Labute approximate surface area is 322 Å². The molecule has 0 fully saturated rings. The van der Waals surface area contributed by atoms with Crippen molar-refractivity contribution in [3.05, 3.63) is 72.9 Å². The van der Waals surface area contributed by atoms with Gasteiger partial charge in [-0.1, -0.05) is 132 Å². The highest BCUT2D eigenvalue weighted by Crippen LogP contribution is 2.42. The largest absolute Gasteiger partial charge is 0.472 e. The monoisotopic (exact) mass is 764 g/mol. The molecular formula is C43H74NO8P. The lowest BCUT2D eigenvalue weighted by molar-refractivity contribution is -0.147. The molecule has 0 spiro atoms. The van der Waals surface area contributed by atoms with Crippen LogP contribution in [-0.2, 0) is 27.9 Å². The standard InChI is InChI=1S/C43H74NO8P/c1-3-5-7-9-11-13-15-17-18-19-20-21-22-24-25-27-29-31-33-35-42(46)44-37-38-51-53(48,49)52-40-41(45)39-50-43(47)36-34-32-30-28-26-23-16-14-12-10-8-6-4-2/h6,8,11-14,17-18,20-21,23,26,41,45H,3-5,7,9-10,15-16,19,22,24-25,27-40H2,1-2H3,(H,44,46)(H,48,49)/b8-6-,13-11-,14-12-,18-17-,21-20-,26-23-. The molecule has 0 aromatic heterocycles. The first-order chi connectivity index (χ1) is 25.8. The Kier molecular flexibility index (Phi) is 37.3. The third kappa shape index (κ3) is 40.5. The van der Waals surface area contributed by atoms with E-state index in [0.29, 0.717) is 12.8 Å². The molecule has 3 N–H and O–H groups in total. The van der Waals surface area contributed by atoms with E-state index in [9.17, 15) is 24.2 Å². The van der Waals surface area contributed by atoms with Gasteiger partial charge in [0.25, 0.3) is 0 Å². The van der Waals surface area contributed by atoms with Gasteiger partial charge >= 0.3 is 13.8 Å². The fraction of sp³-hybridized carbons (Fsp3) is 0.674. The molecule has 0 aromatic rings. The predicted octanol–water partition coefficient (Wildman–Crippen LogP) is 11.1. The van der Waals surface area contributed by atoms with Gasteiger partial charge in [-0.3, -0.25) is 18.6 Å². The second-order valence-electron chi connectivity index (χ2n) is 13.2. The van der Waals surface area contributed by atoms with E-state index in [1.165, 1.54) is 38.5 Å². The second-order valence-corrected chi connectivity index (χ2v) is 14.7. The first-order valence-corrected chi connectivity index (χ1v) is 21.9. The summed E-state index contributed by atoms with van der Waals surface area (Å²) in [5, 5.41) is 12.6. The number of allylic oxidation sites excluding steroid dienone is 12. The first-order valence-electron chi connectivity index (χ1n) is 20.4. The van der Waals surface area contributed by atoms with Gasteiger partial charge in [0.15, 0.2) is 0 Å². The van der Waals surface area contributed by atoms with Gasteiger partial charge in [0, 0.05) is 19.4 Å². The van der Waals surface area contributed by atoms with Crippen molar-refractivity contribution in [2.24, 2.45) is 0 Å². The number of phosphoric ester groups is 1. The maximum Gasteiger partial charge on any atom is 0.472 e. The number of aliphatic hydroxyl groups is 1. The average Bonchev–Trinajstić information content (AvgIpc) is 3.14. The number of carbonyl (C=O) groups excluding carboxylic acids is 2. The van der Waals surface area contributed by atoms with E-state index in [-0.39, 0.29) is 32.1 Å². The molecule has 0 aliphatic rings. The van der Waals surface area contributed by atoms with Gasteiger partial charge < -0.3 is 20.1 Å². The molecule has 0 aliphatic heterocycles. The van der Waals surface area contributed by atoms with Gasteiger partial charge in [-0.25, -0.2) is 4.57 Å². The molecule has 0 heterocycles. The third-order valence-electron chi connectivity index (χ3n) is 8.12. The zero-order valence-corrected chi connectivity index (χ0v) is 34.1. The lowest BCUT2D eigenvalue weighted by Gasteiger charge is -2.15. The zero-order valence-electron chi connectivity index (χ0n) is 33.2. The number of nitrogens with one attached hydrogen (secondary N) is 1. The lowest BCUT2D eigenvalue weighted by atomic mass is 10.1. The van der Waals surface area contributed by atoms with Crippen molar-refractivity contribution in [1.29, 1.82) is 0 Å². The molecule has 0 aliphatic carbocycles. The topological polar surface area (TPSA) is 131 Å². The minimum absolute atomic E-state index is 0.0667. The van der Waals surface area contributed by atoms with E-state index in [4.69, 9.17) is 13.8 Å². The van der Waals surface area contributed by atoms with Crippen LogP contribution in [0.25, 0.3) is 0 Å². The molecule has 9 nitrogen and oxygen atoms in total. The molecule has 1 amide bonds. The van der Waals surface area contributed by atoms with Crippen molar-refractivity contribution in [1.82, 2.24) is 5.32 Å². The number of esters is 1. The van der Waals surface area contributed by atoms with Crippen molar-refractivity contribution in [2.45, 2.75) is 161 Å². The second kappa shape index (κ2) is 39.2. The molecule has 53 heavy (non-hydrogen) atoms. The van der Waals surface area contributed by atoms with Crippen molar-refractivity contribution >= 4 is 19.7 Å². The molecule has 0 radical (unpaired) electrons. The van der Waals surface area contributed by atoms with E-state index in [1.54, 1.807) is 0 Å². The highest BCUT2D eigenvalue weighted by molar-refractivity contribution is 7.47. The summed E-state index contributed by atoms with van der Waals surface area (Å²) in [4.78, 5) is 33.8. The quantitative estimate of drug-likeness (QED) is 0.0247. The summed E-state index contributed by atoms with van der Waals surface area (Å²) in [6.45, 7) is 3.33. The number of carbonyl (C=O) groups is 2. The van der Waals surface area contributed by atoms with Crippen molar-refractivity contribution < 1.29 is 37.9 Å². The van der Waals surface area contributed by atoms with Crippen LogP contribution >= 0.6 is 7.82 Å². The number of aliphatic hydroxyl groups excluding tert-OH is 1. The Bertz CT molecular complexity index is 1100. The number of rotatable bonds is 37. The molecule has 0 bridgehead atoms. The Balaban J connectivity index is 3.68. The Morgan fingerprint density at radius 2 is 1.08 bits per heavy atom. The van der Waals surface area contributed by atoms with E-state index >= 15 is 0 Å². The summed E-state index contributed by atoms with van der Waals surface area (Å²) >= 11 is 0.